The molecule has 0 spiro atoms. The molecule has 4 nitrogen and oxygen atoms in total. The number of rotatable bonds is 5. The fourth-order valence-electron chi connectivity index (χ4n) is 2.40. The van der Waals surface area contributed by atoms with Gasteiger partial charge in [0, 0.05) is 23.2 Å². The Bertz CT molecular complexity index is 827. The zero-order valence-corrected chi connectivity index (χ0v) is 14.5. The van der Waals surface area contributed by atoms with Crippen LogP contribution in [0.1, 0.15) is 16.1 Å². The maximum Gasteiger partial charge on any atom is 0.275 e. The van der Waals surface area contributed by atoms with Crippen molar-refractivity contribution in [1.82, 2.24) is 9.88 Å². The van der Waals surface area contributed by atoms with Crippen LogP contribution in [0.3, 0.4) is 0 Å². The maximum atomic E-state index is 12.5. The van der Waals surface area contributed by atoms with Gasteiger partial charge in [-0.3, -0.25) is 4.79 Å². The summed E-state index contributed by atoms with van der Waals surface area (Å²) in [6, 6.07) is 17.7. The quantitative estimate of drug-likeness (QED) is 0.761. The predicted octanol–water partition coefficient (Wildman–Crippen LogP) is 4.12. The van der Waals surface area contributed by atoms with Crippen LogP contribution < -0.4 is 5.32 Å². The summed E-state index contributed by atoms with van der Waals surface area (Å²) < 4.78 is 0. The van der Waals surface area contributed by atoms with Gasteiger partial charge in [0.05, 0.1) is 0 Å². The van der Waals surface area contributed by atoms with Crippen molar-refractivity contribution in [3.8, 4) is 10.6 Å². The summed E-state index contributed by atoms with van der Waals surface area (Å²) in [7, 11) is 4.01. The Balaban J connectivity index is 1.78. The van der Waals surface area contributed by atoms with E-state index in [2.05, 4.69) is 15.2 Å². The Morgan fingerprint density at radius 2 is 1.79 bits per heavy atom. The van der Waals surface area contributed by atoms with E-state index >= 15 is 0 Å². The standard InChI is InChI=1S/C19H19N3OS/c1-22(2)12-15-10-6-7-11-16(15)20-18(23)17-13-24-19(21-17)14-8-4-3-5-9-14/h3-11,13H,12H2,1-2H3,(H,20,23). The zero-order valence-electron chi connectivity index (χ0n) is 13.7. The number of nitrogens with zero attached hydrogens (tertiary/aromatic N) is 2. The molecule has 0 bridgehead atoms. The third kappa shape index (κ3) is 3.88. The van der Waals surface area contributed by atoms with Gasteiger partial charge in [-0.05, 0) is 25.7 Å². The maximum absolute atomic E-state index is 12.5. The lowest BCUT2D eigenvalue weighted by molar-refractivity contribution is 0.102. The van der Waals surface area contributed by atoms with Crippen molar-refractivity contribution in [2.45, 2.75) is 6.54 Å². The third-order valence-electron chi connectivity index (χ3n) is 3.51. The van der Waals surface area contributed by atoms with E-state index in [0.717, 1.165) is 28.4 Å². The number of amides is 1. The summed E-state index contributed by atoms with van der Waals surface area (Å²) in [5.74, 6) is -0.181. The second-order valence-corrected chi connectivity index (χ2v) is 6.61. The average molecular weight is 337 g/mol. The Kier molecular flexibility index (Phi) is 5.03. The highest BCUT2D eigenvalue weighted by Gasteiger charge is 2.13. The van der Waals surface area contributed by atoms with Gasteiger partial charge in [0.1, 0.15) is 10.7 Å². The summed E-state index contributed by atoms with van der Waals surface area (Å²) in [4.78, 5) is 19.1. The number of hydrogen-bond donors (Lipinski definition) is 1. The normalized spacial score (nSPS) is 10.8. The largest absolute Gasteiger partial charge is 0.320 e. The lowest BCUT2D eigenvalue weighted by atomic mass is 10.1. The summed E-state index contributed by atoms with van der Waals surface area (Å²) in [6.45, 7) is 0.767. The minimum Gasteiger partial charge on any atom is -0.320 e. The lowest BCUT2D eigenvalue weighted by Gasteiger charge is -2.14. The van der Waals surface area contributed by atoms with Crippen molar-refractivity contribution in [3.63, 3.8) is 0 Å². The second-order valence-electron chi connectivity index (χ2n) is 5.75. The van der Waals surface area contributed by atoms with Crippen LogP contribution in [0.5, 0.6) is 0 Å². The molecule has 1 amide bonds. The predicted molar refractivity (Wildman–Crippen MR) is 99.3 cm³/mol. The molecule has 0 saturated heterocycles. The number of anilines is 1. The molecule has 0 radical (unpaired) electrons. The molecule has 0 fully saturated rings. The van der Waals surface area contributed by atoms with Crippen molar-refractivity contribution in [2.24, 2.45) is 0 Å². The van der Waals surface area contributed by atoms with Crippen LogP contribution in [-0.2, 0) is 6.54 Å². The summed E-state index contributed by atoms with van der Waals surface area (Å²) in [5.41, 5.74) is 3.37. The average Bonchev–Trinajstić information content (AvgIpc) is 3.07. The Morgan fingerprint density at radius 1 is 1.08 bits per heavy atom. The SMILES string of the molecule is CN(C)Cc1ccccc1NC(=O)c1csc(-c2ccccc2)n1. The fourth-order valence-corrected chi connectivity index (χ4v) is 3.20. The first-order chi connectivity index (χ1) is 11.6. The van der Waals surface area contributed by atoms with E-state index in [4.69, 9.17) is 0 Å². The highest BCUT2D eigenvalue weighted by Crippen LogP contribution is 2.24. The molecule has 0 saturated carbocycles. The van der Waals surface area contributed by atoms with Gasteiger partial charge in [-0.15, -0.1) is 11.3 Å². The van der Waals surface area contributed by atoms with E-state index in [-0.39, 0.29) is 5.91 Å². The van der Waals surface area contributed by atoms with Crippen molar-refractivity contribution >= 4 is 22.9 Å². The number of nitrogens with one attached hydrogen (secondary N) is 1. The van der Waals surface area contributed by atoms with Gasteiger partial charge in [0.2, 0.25) is 0 Å². The molecular formula is C19H19N3OS. The van der Waals surface area contributed by atoms with Gasteiger partial charge in [-0.25, -0.2) is 4.98 Å². The molecule has 1 N–H and O–H groups in total. The number of carbonyl (C=O) groups excluding carboxylic acids is 1. The summed E-state index contributed by atoms with van der Waals surface area (Å²) >= 11 is 1.48. The van der Waals surface area contributed by atoms with Gasteiger partial charge < -0.3 is 10.2 Å². The number of hydrogen-bond acceptors (Lipinski definition) is 4. The van der Waals surface area contributed by atoms with Crippen molar-refractivity contribution in [2.75, 3.05) is 19.4 Å². The number of benzene rings is 2. The van der Waals surface area contributed by atoms with Crippen molar-refractivity contribution in [3.05, 3.63) is 71.2 Å². The third-order valence-corrected chi connectivity index (χ3v) is 4.40. The van der Waals surface area contributed by atoms with Crippen LogP contribution in [0.15, 0.2) is 60.0 Å². The van der Waals surface area contributed by atoms with Crippen LogP contribution in [-0.4, -0.2) is 29.9 Å². The Labute approximate surface area is 145 Å². The summed E-state index contributed by atoms with van der Waals surface area (Å²) in [5, 5.41) is 5.62. The Hall–Kier alpha value is -2.50. The molecule has 24 heavy (non-hydrogen) atoms. The van der Waals surface area contributed by atoms with Crippen LogP contribution in [0.4, 0.5) is 5.69 Å². The molecule has 1 aromatic heterocycles. The second kappa shape index (κ2) is 7.38. The first-order valence-corrected chi connectivity index (χ1v) is 8.56. The van der Waals surface area contributed by atoms with Crippen LogP contribution >= 0.6 is 11.3 Å². The molecule has 3 rings (SSSR count). The number of thiazole rings is 1. The molecule has 0 aliphatic carbocycles. The fraction of sp³-hybridized carbons (Fsp3) is 0.158. The summed E-state index contributed by atoms with van der Waals surface area (Å²) in [6.07, 6.45) is 0. The van der Waals surface area contributed by atoms with E-state index in [1.54, 1.807) is 5.38 Å². The smallest absolute Gasteiger partial charge is 0.275 e. The van der Waals surface area contributed by atoms with Gasteiger partial charge >= 0.3 is 0 Å². The molecular weight excluding hydrogens is 318 g/mol. The number of aromatic nitrogens is 1. The lowest BCUT2D eigenvalue weighted by Crippen LogP contribution is -2.16. The van der Waals surface area contributed by atoms with Crippen LogP contribution in [0.2, 0.25) is 0 Å². The first-order valence-electron chi connectivity index (χ1n) is 7.68. The van der Waals surface area contributed by atoms with Gasteiger partial charge in [0.15, 0.2) is 0 Å². The van der Waals surface area contributed by atoms with E-state index in [0.29, 0.717) is 5.69 Å². The monoisotopic (exact) mass is 337 g/mol. The number of para-hydroxylation sites is 1. The van der Waals surface area contributed by atoms with Gasteiger partial charge in [-0.2, -0.15) is 0 Å². The molecule has 5 heteroatoms. The Morgan fingerprint density at radius 3 is 2.54 bits per heavy atom. The van der Waals surface area contributed by atoms with Crippen LogP contribution in [0.25, 0.3) is 10.6 Å². The molecule has 0 atom stereocenters. The van der Waals surface area contributed by atoms with Crippen LogP contribution in [0, 0.1) is 0 Å². The molecule has 122 valence electrons. The molecule has 3 aromatic rings. The molecule has 0 unspecified atom stereocenters. The minimum absolute atomic E-state index is 0.181. The topological polar surface area (TPSA) is 45.2 Å². The van der Waals surface area contributed by atoms with E-state index in [1.165, 1.54) is 11.3 Å². The molecule has 0 aliphatic heterocycles. The highest BCUT2D eigenvalue weighted by atomic mass is 32.1. The van der Waals surface area contributed by atoms with Crippen molar-refractivity contribution in [1.29, 1.82) is 0 Å². The minimum atomic E-state index is -0.181. The molecule has 1 heterocycles. The van der Waals surface area contributed by atoms with E-state index < -0.39 is 0 Å². The zero-order chi connectivity index (χ0) is 16.9. The number of carbonyl (C=O) groups is 1. The first kappa shape index (κ1) is 16.4. The van der Waals surface area contributed by atoms with Crippen molar-refractivity contribution < 1.29 is 4.79 Å². The van der Waals surface area contributed by atoms with Gasteiger partial charge in [0.25, 0.3) is 5.91 Å². The molecule has 0 aliphatic rings. The van der Waals surface area contributed by atoms with Gasteiger partial charge in [-0.1, -0.05) is 48.5 Å². The van der Waals surface area contributed by atoms with E-state index in [9.17, 15) is 4.79 Å². The molecule has 2 aromatic carbocycles. The van der Waals surface area contributed by atoms with E-state index in [1.807, 2.05) is 68.7 Å². The highest BCUT2D eigenvalue weighted by molar-refractivity contribution is 7.13.